The Morgan fingerprint density at radius 3 is 2.39 bits per heavy atom. The molecular formula is C17H16Cl2N2O6S. The van der Waals surface area contributed by atoms with Crippen LogP contribution in [0.25, 0.3) is 0 Å². The third kappa shape index (κ3) is 6.59. The van der Waals surface area contributed by atoms with Crippen molar-refractivity contribution in [3.8, 4) is 5.75 Å². The van der Waals surface area contributed by atoms with Crippen LogP contribution in [0.5, 0.6) is 5.75 Å². The van der Waals surface area contributed by atoms with Gasteiger partial charge in [0.15, 0.2) is 5.75 Å². The van der Waals surface area contributed by atoms with Crippen LogP contribution >= 0.6 is 23.2 Å². The summed E-state index contributed by atoms with van der Waals surface area (Å²) in [5.41, 5.74) is 0.856. The van der Waals surface area contributed by atoms with E-state index in [9.17, 15) is 18.0 Å². The summed E-state index contributed by atoms with van der Waals surface area (Å²) in [4.78, 5) is 23.2. The lowest BCUT2D eigenvalue weighted by atomic mass is 10.2. The van der Waals surface area contributed by atoms with Crippen molar-refractivity contribution in [3.63, 3.8) is 0 Å². The van der Waals surface area contributed by atoms with E-state index in [1.165, 1.54) is 24.3 Å². The third-order valence-corrected chi connectivity index (χ3v) is 5.13. The van der Waals surface area contributed by atoms with E-state index in [0.717, 1.165) is 5.56 Å². The molecular weight excluding hydrogens is 431 g/mol. The zero-order valence-electron chi connectivity index (χ0n) is 14.6. The first-order valence-corrected chi connectivity index (χ1v) is 10.1. The summed E-state index contributed by atoms with van der Waals surface area (Å²) in [6, 6.07) is 10.2. The average Bonchev–Trinajstić information content (AvgIpc) is 2.62. The maximum absolute atomic E-state index is 12.0. The molecule has 0 atom stereocenters. The molecule has 0 aliphatic heterocycles. The lowest BCUT2D eigenvalue weighted by Gasteiger charge is -2.10. The number of benzene rings is 2. The quantitative estimate of drug-likeness (QED) is 0.656. The fourth-order valence-electron chi connectivity index (χ4n) is 1.93. The van der Waals surface area contributed by atoms with Crippen LogP contribution in [-0.4, -0.2) is 33.8 Å². The molecule has 0 fully saturated rings. The van der Waals surface area contributed by atoms with Crippen molar-refractivity contribution in [1.29, 1.82) is 0 Å². The van der Waals surface area contributed by atoms with Gasteiger partial charge in [-0.1, -0.05) is 29.3 Å². The first kappa shape index (κ1) is 21.8. The van der Waals surface area contributed by atoms with E-state index in [2.05, 4.69) is 5.32 Å². The van der Waals surface area contributed by atoms with Gasteiger partial charge < -0.3 is 14.8 Å². The van der Waals surface area contributed by atoms with Crippen LogP contribution in [-0.2, 0) is 14.8 Å². The largest absolute Gasteiger partial charge is 0.447 e. The summed E-state index contributed by atoms with van der Waals surface area (Å²) >= 11 is 11.6. The summed E-state index contributed by atoms with van der Waals surface area (Å²) < 4.78 is 35.5. The van der Waals surface area contributed by atoms with Crippen molar-refractivity contribution >= 4 is 45.4 Å². The van der Waals surface area contributed by atoms with E-state index in [0.29, 0.717) is 5.02 Å². The second kappa shape index (κ2) is 9.63. The van der Waals surface area contributed by atoms with E-state index in [1.807, 2.05) is 6.92 Å². The van der Waals surface area contributed by atoms with Gasteiger partial charge in [-0.25, -0.2) is 22.7 Å². The van der Waals surface area contributed by atoms with Crippen molar-refractivity contribution in [1.82, 2.24) is 10.0 Å². The Morgan fingerprint density at radius 2 is 1.71 bits per heavy atom. The van der Waals surface area contributed by atoms with E-state index in [-0.39, 0.29) is 28.8 Å². The van der Waals surface area contributed by atoms with Crippen molar-refractivity contribution in [2.24, 2.45) is 0 Å². The van der Waals surface area contributed by atoms with E-state index < -0.39 is 22.2 Å². The van der Waals surface area contributed by atoms with Crippen LogP contribution < -0.4 is 14.8 Å². The number of sulfonamides is 1. The minimum Gasteiger partial charge on any atom is -0.447 e. The number of halogens is 2. The Labute approximate surface area is 171 Å². The van der Waals surface area contributed by atoms with Crippen LogP contribution in [0.3, 0.4) is 0 Å². The van der Waals surface area contributed by atoms with Crippen molar-refractivity contribution in [3.05, 3.63) is 58.1 Å². The second-order valence-corrected chi connectivity index (χ2v) is 7.97. The summed E-state index contributed by atoms with van der Waals surface area (Å²) in [7, 11) is -4.09. The van der Waals surface area contributed by atoms with Crippen LogP contribution in [0.4, 0.5) is 9.59 Å². The first-order chi connectivity index (χ1) is 13.2. The number of aryl methyl sites for hydroxylation is 1. The average molecular weight is 447 g/mol. The maximum atomic E-state index is 12.0. The van der Waals surface area contributed by atoms with Gasteiger partial charge in [-0.2, -0.15) is 0 Å². The molecule has 0 bridgehead atoms. The highest BCUT2D eigenvalue weighted by Gasteiger charge is 2.18. The second-order valence-electron chi connectivity index (χ2n) is 5.45. The van der Waals surface area contributed by atoms with Gasteiger partial charge in [-0.05, 0) is 48.9 Å². The molecule has 0 aliphatic carbocycles. The van der Waals surface area contributed by atoms with E-state index >= 15 is 0 Å². The zero-order valence-corrected chi connectivity index (χ0v) is 16.9. The summed E-state index contributed by atoms with van der Waals surface area (Å²) in [5.74, 6) is 0.187. The van der Waals surface area contributed by atoms with Crippen LogP contribution in [0.1, 0.15) is 5.56 Å². The van der Waals surface area contributed by atoms with Crippen molar-refractivity contribution in [2.45, 2.75) is 11.8 Å². The molecule has 2 rings (SSSR count). The molecule has 0 aliphatic rings. The minimum atomic E-state index is -4.09. The standard InChI is InChI=1S/C17H16Cl2N2O6S/c1-11-2-7-14(19)15(10-11)27-16(22)20-8-9-26-17(23)21-28(24,25)13-5-3-12(18)4-6-13/h2-7,10H,8-9H2,1H3,(H,20,22)(H,21,23). The first-order valence-electron chi connectivity index (χ1n) is 7.84. The molecule has 2 aromatic carbocycles. The summed E-state index contributed by atoms with van der Waals surface area (Å²) in [5, 5.41) is 2.97. The molecule has 8 nitrogen and oxygen atoms in total. The Balaban J connectivity index is 1.75. The number of carbonyl (C=O) groups is 2. The number of hydrogen-bond acceptors (Lipinski definition) is 6. The van der Waals surface area contributed by atoms with Gasteiger partial charge in [-0.15, -0.1) is 0 Å². The molecule has 0 radical (unpaired) electrons. The van der Waals surface area contributed by atoms with Crippen LogP contribution in [0.2, 0.25) is 10.0 Å². The van der Waals surface area contributed by atoms with Gasteiger partial charge in [-0.3, -0.25) is 0 Å². The van der Waals surface area contributed by atoms with Gasteiger partial charge in [0.1, 0.15) is 6.61 Å². The lowest BCUT2D eigenvalue weighted by Crippen LogP contribution is -2.34. The highest BCUT2D eigenvalue weighted by molar-refractivity contribution is 7.90. The third-order valence-electron chi connectivity index (χ3n) is 3.24. The molecule has 0 aromatic heterocycles. The Hall–Kier alpha value is -2.49. The SMILES string of the molecule is Cc1ccc(Cl)c(OC(=O)NCCOC(=O)NS(=O)(=O)c2ccc(Cl)cc2)c1. The van der Waals surface area contributed by atoms with Crippen molar-refractivity contribution in [2.75, 3.05) is 13.2 Å². The monoisotopic (exact) mass is 446 g/mol. The predicted octanol–water partition coefficient (Wildman–Crippen LogP) is 3.51. The Bertz CT molecular complexity index is 964. The summed E-state index contributed by atoms with van der Waals surface area (Å²) in [6.45, 7) is 1.43. The highest BCUT2D eigenvalue weighted by Crippen LogP contribution is 2.25. The van der Waals surface area contributed by atoms with E-state index in [1.54, 1.807) is 22.9 Å². The molecule has 2 amide bonds. The molecule has 2 N–H and O–H groups in total. The van der Waals surface area contributed by atoms with Gasteiger partial charge >= 0.3 is 12.2 Å². The molecule has 2 aromatic rings. The highest BCUT2D eigenvalue weighted by atomic mass is 35.5. The number of amides is 2. The van der Waals surface area contributed by atoms with Gasteiger partial charge in [0, 0.05) is 5.02 Å². The molecule has 150 valence electrons. The lowest BCUT2D eigenvalue weighted by molar-refractivity contribution is 0.150. The minimum absolute atomic E-state index is 0.101. The molecule has 0 heterocycles. The maximum Gasteiger partial charge on any atom is 0.421 e. The number of carbonyl (C=O) groups excluding carboxylic acids is 2. The number of hydrogen-bond donors (Lipinski definition) is 2. The molecule has 0 unspecified atom stereocenters. The molecule has 11 heteroatoms. The Kier molecular flexibility index (Phi) is 7.50. The smallest absolute Gasteiger partial charge is 0.421 e. The predicted molar refractivity (Wildman–Crippen MR) is 103 cm³/mol. The zero-order chi connectivity index (χ0) is 20.7. The fourth-order valence-corrected chi connectivity index (χ4v) is 3.11. The van der Waals surface area contributed by atoms with Gasteiger partial charge in [0.2, 0.25) is 0 Å². The molecule has 0 spiro atoms. The van der Waals surface area contributed by atoms with Gasteiger partial charge in [0.05, 0.1) is 16.5 Å². The fraction of sp³-hybridized carbons (Fsp3) is 0.176. The molecule has 28 heavy (non-hydrogen) atoms. The van der Waals surface area contributed by atoms with Crippen molar-refractivity contribution < 1.29 is 27.5 Å². The summed E-state index contributed by atoms with van der Waals surface area (Å²) in [6.07, 6.45) is -1.99. The number of ether oxygens (including phenoxy) is 2. The molecule has 0 saturated carbocycles. The topological polar surface area (TPSA) is 111 Å². The number of rotatable bonds is 6. The van der Waals surface area contributed by atoms with Gasteiger partial charge in [0.25, 0.3) is 10.0 Å². The van der Waals surface area contributed by atoms with Crippen LogP contribution in [0.15, 0.2) is 47.4 Å². The normalized spacial score (nSPS) is 10.8. The Morgan fingerprint density at radius 1 is 1.04 bits per heavy atom. The number of nitrogens with one attached hydrogen (secondary N) is 2. The molecule has 0 saturated heterocycles. The van der Waals surface area contributed by atoms with Crippen LogP contribution in [0, 0.1) is 6.92 Å². The van der Waals surface area contributed by atoms with E-state index in [4.69, 9.17) is 32.7 Å².